The van der Waals surface area contributed by atoms with Crippen molar-refractivity contribution >= 4 is 18.3 Å². The van der Waals surface area contributed by atoms with Gasteiger partial charge in [-0.2, -0.15) is 0 Å². The number of piperidine rings is 1. The van der Waals surface area contributed by atoms with Crippen molar-refractivity contribution in [3.8, 4) is 0 Å². The predicted molar refractivity (Wildman–Crippen MR) is 85.4 cm³/mol. The van der Waals surface area contributed by atoms with Gasteiger partial charge in [-0.05, 0) is 46.3 Å². The Bertz CT molecular complexity index is 297. The largest absolute Gasteiger partial charge is 0.353 e. The minimum absolute atomic E-state index is 0. The third-order valence-electron chi connectivity index (χ3n) is 4.95. The Morgan fingerprint density at radius 3 is 2.45 bits per heavy atom. The summed E-state index contributed by atoms with van der Waals surface area (Å²) in [6, 6.07) is 0.0385. The first kappa shape index (κ1) is 17.7. The van der Waals surface area contributed by atoms with Gasteiger partial charge in [0.2, 0.25) is 5.91 Å². The summed E-state index contributed by atoms with van der Waals surface area (Å²) in [7, 11) is 4.30. The Labute approximate surface area is 129 Å². The lowest BCUT2D eigenvalue weighted by Crippen LogP contribution is -2.56. The zero-order valence-corrected chi connectivity index (χ0v) is 13.7. The van der Waals surface area contributed by atoms with Crippen LogP contribution in [0.4, 0.5) is 0 Å². The van der Waals surface area contributed by atoms with E-state index in [-0.39, 0.29) is 29.9 Å². The topological polar surface area (TPSA) is 44.4 Å². The molecule has 4 nitrogen and oxygen atoms in total. The van der Waals surface area contributed by atoms with Gasteiger partial charge in [-0.3, -0.25) is 4.79 Å². The van der Waals surface area contributed by atoms with Gasteiger partial charge in [-0.1, -0.05) is 25.7 Å². The van der Waals surface area contributed by atoms with Gasteiger partial charge in [0.25, 0.3) is 0 Å². The normalized spacial score (nSPS) is 25.9. The molecule has 1 aliphatic heterocycles. The molecule has 0 spiro atoms. The molecule has 0 bridgehead atoms. The summed E-state index contributed by atoms with van der Waals surface area (Å²) in [4.78, 5) is 14.5. The fourth-order valence-corrected chi connectivity index (χ4v) is 3.44. The standard InChI is InChI=1S/C15H29N3O.ClH/c1-18(2)15(9-5-3-6-10-15)12-17-14(19)13-8-4-7-11-16-13;/h13,16H,3-12H2,1-2H3,(H,17,19);1H. The van der Waals surface area contributed by atoms with E-state index in [1.165, 1.54) is 44.9 Å². The van der Waals surface area contributed by atoms with Gasteiger partial charge in [0.1, 0.15) is 0 Å². The quantitative estimate of drug-likeness (QED) is 0.834. The summed E-state index contributed by atoms with van der Waals surface area (Å²) in [5.74, 6) is 0.200. The Morgan fingerprint density at radius 1 is 1.20 bits per heavy atom. The number of amides is 1. The first-order chi connectivity index (χ1) is 9.14. The Morgan fingerprint density at radius 2 is 1.90 bits per heavy atom. The van der Waals surface area contributed by atoms with E-state index in [0.29, 0.717) is 0 Å². The number of likely N-dealkylation sites (N-methyl/N-ethyl adjacent to an activating group) is 1. The van der Waals surface area contributed by atoms with Crippen LogP contribution in [0.1, 0.15) is 51.4 Å². The average molecular weight is 304 g/mol. The van der Waals surface area contributed by atoms with Gasteiger partial charge < -0.3 is 15.5 Å². The van der Waals surface area contributed by atoms with Gasteiger partial charge in [0.15, 0.2) is 0 Å². The van der Waals surface area contributed by atoms with Crippen LogP contribution >= 0.6 is 12.4 Å². The van der Waals surface area contributed by atoms with E-state index < -0.39 is 0 Å². The van der Waals surface area contributed by atoms with Crippen LogP contribution in [0.2, 0.25) is 0 Å². The van der Waals surface area contributed by atoms with Crippen molar-refractivity contribution in [1.82, 2.24) is 15.5 Å². The molecule has 5 heteroatoms. The highest BCUT2D eigenvalue weighted by Gasteiger charge is 2.35. The molecule has 0 radical (unpaired) electrons. The second-order valence-corrected chi connectivity index (χ2v) is 6.40. The molecule has 1 amide bonds. The molecule has 2 N–H and O–H groups in total. The Hall–Kier alpha value is -0.320. The van der Waals surface area contributed by atoms with E-state index in [9.17, 15) is 4.79 Å². The second kappa shape index (κ2) is 8.20. The highest BCUT2D eigenvalue weighted by Crippen LogP contribution is 2.31. The molecular formula is C15H30ClN3O. The van der Waals surface area contributed by atoms with Crippen LogP contribution in [-0.2, 0) is 4.79 Å². The van der Waals surface area contributed by atoms with Crippen molar-refractivity contribution in [2.24, 2.45) is 0 Å². The molecule has 118 valence electrons. The molecule has 2 fully saturated rings. The van der Waals surface area contributed by atoms with Crippen molar-refractivity contribution < 1.29 is 4.79 Å². The first-order valence-electron chi connectivity index (χ1n) is 7.83. The van der Waals surface area contributed by atoms with E-state index in [0.717, 1.165) is 19.5 Å². The Balaban J connectivity index is 0.00000200. The molecule has 20 heavy (non-hydrogen) atoms. The molecule has 0 aromatic rings. The van der Waals surface area contributed by atoms with E-state index >= 15 is 0 Å². The van der Waals surface area contributed by atoms with E-state index in [2.05, 4.69) is 29.6 Å². The van der Waals surface area contributed by atoms with Crippen LogP contribution in [0.3, 0.4) is 0 Å². The lowest BCUT2D eigenvalue weighted by Gasteiger charge is -2.43. The highest BCUT2D eigenvalue weighted by atomic mass is 35.5. The molecule has 1 heterocycles. The van der Waals surface area contributed by atoms with Crippen LogP contribution in [-0.4, -0.2) is 49.6 Å². The van der Waals surface area contributed by atoms with Gasteiger partial charge in [-0.15, -0.1) is 12.4 Å². The number of rotatable bonds is 4. The lowest BCUT2D eigenvalue weighted by atomic mass is 9.80. The van der Waals surface area contributed by atoms with Crippen LogP contribution in [0, 0.1) is 0 Å². The van der Waals surface area contributed by atoms with Gasteiger partial charge in [0.05, 0.1) is 6.04 Å². The number of halogens is 1. The third-order valence-corrected chi connectivity index (χ3v) is 4.95. The zero-order chi connectivity index (χ0) is 13.7. The fourth-order valence-electron chi connectivity index (χ4n) is 3.44. The molecule has 1 saturated heterocycles. The fraction of sp³-hybridized carbons (Fsp3) is 0.933. The van der Waals surface area contributed by atoms with Crippen LogP contribution in [0.25, 0.3) is 0 Å². The SMILES string of the molecule is CN(C)C1(CNC(=O)C2CCCCN2)CCCCC1.Cl. The monoisotopic (exact) mass is 303 g/mol. The summed E-state index contributed by atoms with van der Waals surface area (Å²) < 4.78 is 0. The number of nitrogens with one attached hydrogen (secondary N) is 2. The molecule has 0 aromatic heterocycles. The summed E-state index contributed by atoms with van der Waals surface area (Å²) in [6.07, 6.45) is 9.69. The van der Waals surface area contributed by atoms with E-state index in [1.54, 1.807) is 0 Å². The minimum atomic E-state index is 0. The van der Waals surface area contributed by atoms with E-state index in [1.807, 2.05) is 0 Å². The number of carbonyl (C=O) groups is 1. The number of hydrogen-bond acceptors (Lipinski definition) is 3. The van der Waals surface area contributed by atoms with Crippen molar-refractivity contribution in [1.29, 1.82) is 0 Å². The second-order valence-electron chi connectivity index (χ2n) is 6.40. The lowest BCUT2D eigenvalue weighted by molar-refractivity contribution is -0.124. The average Bonchev–Trinajstić information content (AvgIpc) is 2.46. The van der Waals surface area contributed by atoms with Crippen LogP contribution in [0.5, 0.6) is 0 Å². The number of carbonyl (C=O) groups excluding carboxylic acids is 1. The Kier molecular flexibility index (Phi) is 7.27. The minimum Gasteiger partial charge on any atom is -0.353 e. The van der Waals surface area contributed by atoms with Crippen molar-refractivity contribution in [3.05, 3.63) is 0 Å². The van der Waals surface area contributed by atoms with Crippen molar-refractivity contribution in [2.45, 2.75) is 62.9 Å². The molecule has 2 aliphatic rings. The summed E-state index contributed by atoms with van der Waals surface area (Å²) in [5.41, 5.74) is 0.183. The molecular weight excluding hydrogens is 274 g/mol. The summed E-state index contributed by atoms with van der Waals surface area (Å²) in [6.45, 7) is 1.79. The maximum absolute atomic E-state index is 12.2. The van der Waals surface area contributed by atoms with Crippen molar-refractivity contribution in [3.63, 3.8) is 0 Å². The van der Waals surface area contributed by atoms with Crippen LogP contribution < -0.4 is 10.6 Å². The van der Waals surface area contributed by atoms with Gasteiger partial charge in [-0.25, -0.2) is 0 Å². The first-order valence-corrected chi connectivity index (χ1v) is 7.83. The van der Waals surface area contributed by atoms with Gasteiger partial charge in [0, 0.05) is 12.1 Å². The molecule has 0 aromatic carbocycles. The molecule has 2 rings (SSSR count). The number of hydrogen-bond donors (Lipinski definition) is 2. The summed E-state index contributed by atoms with van der Waals surface area (Å²) >= 11 is 0. The smallest absolute Gasteiger partial charge is 0.237 e. The maximum Gasteiger partial charge on any atom is 0.237 e. The molecule has 1 atom stereocenters. The highest BCUT2D eigenvalue weighted by molar-refractivity contribution is 5.85. The molecule has 1 aliphatic carbocycles. The third kappa shape index (κ3) is 4.34. The van der Waals surface area contributed by atoms with Crippen LogP contribution in [0.15, 0.2) is 0 Å². The van der Waals surface area contributed by atoms with E-state index in [4.69, 9.17) is 0 Å². The molecule has 1 unspecified atom stereocenters. The molecule has 1 saturated carbocycles. The van der Waals surface area contributed by atoms with Gasteiger partial charge >= 0.3 is 0 Å². The maximum atomic E-state index is 12.2. The predicted octanol–water partition coefficient (Wildman–Crippen LogP) is 1.93. The zero-order valence-electron chi connectivity index (χ0n) is 12.9. The number of nitrogens with zero attached hydrogens (tertiary/aromatic N) is 1. The van der Waals surface area contributed by atoms with Crippen molar-refractivity contribution in [2.75, 3.05) is 27.2 Å². The summed E-state index contributed by atoms with van der Waals surface area (Å²) in [5, 5.41) is 6.52.